The van der Waals surface area contributed by atoms with Crippen LogP contribution in [0.1, 0.15) is 17.4 Å². The normalized spacial score (nSPS) is 15.4. The molecule has 0 spiro atoms. The van der Waals surface area contributed by atoms with Gasteiger partial charge in [-0.05, 0) is 36.4 Å². The van der Waals surface area contributed by atoms with E-state index in [9.17, 15) is 9.90 Å². The summed E-state index contributed by atoms with van der Waals surface area (Å²) >= 11 is 6.44. The lowest BCUT2D eigenvalue weighted by molar-refractivity contribution is 0.0692. The van der Waals surface area contributed by atoms with Gasteiger partial charge in [0.2, 0.25) is 0 Å². The lowest BCUT2D eigenvalue weighted by Gasteiger charge is -2.35. The second kappa shape index (κ2) is 7.21. The van der Waals surface area contributed by atoms with Crippen molar-refractivity contribution in [3.8, 4) is 11.1 Å². The van der Waals surface area contributed by atoms with E-state index in [-0.39, 0.29) is 5.69 Å². The number of aromatic amines is 1. The van der Waals surface area contributed by atoms with Crippen LogP contribution in [0.3, 0.4) is 0 Å². The summed E-state index contributed by atoms with van der Waals surface area (Å²) in [5, 5.41) is 17.0. The summed E-state index contributed by atoms with van der Waals surface area (Å²) in [6, 6.07) is 11.8. The van der Waals surface area contributed by atoms with Gasteiger partial charge in [0.25, 0.3) is 0 Å². The number of carbonyl (C=O) groups is 1. The van der Waals surface area contributed by atoms with Crippen LogP contribution in [0.5, 0.6) is 0 Å². The van der Waals surface area contributed by atoms with E-state index in [4.69, 9.17) is 11.6 Å². The maximum Gasteiger partial charge on any atom is 0.357 e. The molecule has 140 valence electrons. The third-order valence-corrected chi connectivity index (χ3v) is 5.53. The number of aromatic nitrogens is 2. The molecule has 0 atom stereocenters. The van der Waals surface area contributed by atoms with Crippen molar-refractivity contribution >= 4 is 34.2 Å². The highest BCUT2D eigenvalue weighted by molar-refractivity contribution is 6.34. The Morgan fingerprint density at radius 1 is 1.19 bits per heavy atom. The minimum Gasteiger partial charge on any atom is -0.476 e. The van der Waals surface area contributed by atoms with Gasteiger partial charge in [-0.3, -0.25) is 5.10 Å². The van der Waals surface area contributed by atoms with Crippen molar-refractivity contribution in [2.45, 2.75) is 6.92 Å². The van der Waals surface area contributed by atoms with E-state index in [0.29, 0.717) is 15.9 Å². The molecule has 2 N–H and O–H groups in total. The highest BCUT2D eigenvalue weighted by Crippen LogP contribution is 2.33. The Morgan fingerprint density at radius 3 is 2.52 bits per heavy atom. The van der Waals surface area contributed by atoms with Crippen LogP contribution in [-0.2, 0) is 0 Å². The van der Waals surface area contributed by atoms with Gasteiger partial charge in [0.1, 0.15) is 0 Å². The van der Waals surface area contributed by atoms with Crippen molar-refractivity contribution in [3.63, 3.8) is 0 Å². The minimum atomic E-state index is -1.06. The molecule has 27 heavy (non-hydrogen) atoms. The number of halogens is 1. The van der Waals surface area contributed by atoms with Gasteiger partial charge in [0, 0.05) is 42.8 Å². The summed E-state index contributed by atoms with van der Waals surface area (Å²) in [6.45, 7) is 7.51. The Labute approximate surface area is 162 Å². The molecule has 0 radical (unpaired) electrons. The maximum atomic E-state index is 11.3. The molecule has 7 heteroatoms. The fraction of sp³-hybridized carbons (Fsp3) is 0.300. The van der Waals surface area contributed by atoms with E-state index in [1.54, 1.807) is 12.1 Å². The topological polar surface area (TPSA) is 72.5 Å². The van der Waals surface area contributed by atoms with Gasteiger partial charge < -0.3 is 14.9 Å². The highest BCUT2D eigenvalue weighted by Gasteiger charge is 2.17. The predicted octanol–water partition coefficient (Wildman–Crippen LogP) is 3.72. The number of hydrogen-bond donors (Lipinski definition) is 2. The van der Waals surface area contributed by atoms with Crippen LogP contribution in [0.15, 0.2) is 36.4 Å². The predicted molar refractivity (Wildman–Crippen MR) is 108 cm³/mol. The number of carboxylic acids is 1. The zero-order valence-electron chi connectivity index (χ0n) is 15.1. The molecule has 1 fully saturated rings. The van der Waals surface area contributed by atoms with Crippen molar-refractivity contribution in [3.05, 3.63) is 47.1 Å². The molecule has 2 heterocycles. The van der Waals surface area contributed by atoms with Crippen molar-refractivity contribution < 1.29 is 9.90 Å². The molecule has 4 rings (SSSR count). The quantitative estimate of drug-likeness (QED) is 0.717. The third-order valence-electron chi connectivity index (χ3n) is 5.22. The van der Waals surface area contributed by atoms with Gasteiger partial charge in [0.05, 0.1) is 10.5 Å². The molecule has 0 unspecified atom stereocenters. The second-order valence-electron chi connectivity index (χ2n) is 6.72. The minimum absolute atomic E-state index is 0.00771. The van der Waals surface area contributed by atoms with Crippen LogP contribution in [-0.4, -0.2) is 58.9 Å². The van der Waals surface area contributed by atoms with Crippen LogP contribution >= 0.6 is 11.6 Å². The molecule has 1 aliphatic rings. The molecule has 1 saturated heterocycles. The van der Waals surface area contributed by atoms with Gasteiger partial charge >= 0.3 is 5.97 Å². The maximum absolute atomic E-state index is 11.3. The lowest BCUT2D eigenvalue weighted by atomic mass is 10.0. The number of aromatic carboxylic acids is 1. The smallest absolute Gasteiger partial charge is 0.357 e. The number of nitrogens with zero attached hydrogens (tertiary/aromatic N) is 3. The second-order valence-corrected chi connectivity index (χ2v) is 7.13. The molecule has 6 nitrogen and oxygen atoms in total. The molecule has 0 amide bonds. The first-order valence-corrected chi connectivity index (χ1v) is 9.43. The van der Waals surface area contributed by atoms with E-state index in [0.717, 1.165) is 43.9 Å². The number of carboxylic acid groups (broad SMARTS) is 1. The zero-order valence-corrected chi connectivity index (χ0v) is 15.8. The number of nitrogens with one attached hydrogen (secondary N) is 1. The number of likely N-dealkylation sites (N-methyl/N-ethyl adjacent to an activating group) is 1. The van der Waals surface area contributed by atoms with Gasteiger partial charge in [-0.25, -0.2) is 4.79 Å². The average Bonchev–Trinajstić information content (AvgIpc) is 3.10. The monoisotopic (exact) mass is 384 g/mol. The number of hydrogen-bond acceptors (Lipinski definition) is 4. The largest absolute Gasteiger partial charge is 0.476 e. The third kappa shape index (κ3) is 3.38. The van der Waals surface area contributed by atoms with Gasteiger partial charge in [-0.1, -0.05) is 30.7 Å². The Morgan fingerprint density at radius 2 is 1.89 bits per heavy atom. The number of rotatable bonds is 4. The van der Waals surface area contributed by atoms with Crippen LogP contribution in [0.25, 0.3) is 22.0 Å². The highest BCUT2D eigenvalue weighted by atomic mass is 35.5. The molecule has 1 aromatic heterocycles. The van der Waals surface area contributed by atoms with E-state index < -0.39 is 5.97 Å². The fourth-order valence-electron chi connectivity index (χ4n) is 3.60. The van der Waals surface area contributed by atoms with Crippen LogP contribution in [0.2, 0.25) is 5.02 Å². The summed E-state index contributed by atoms with van der Waals surface area (Å²) in [5.41, 5.74) is 3.58. The van der Waals surface area contributed by atoms with E-state index in [1.165, 1.54) is 5.69 Å². The Kier molecular flexibility index (Phi) is 4.76. The molecule has 3 aromatic rings. The molecular formula is C20H21ClN4O2. The van der Waals surface area contributed by atoms with Crippen molar-refractivity contribution in [1.29, 1.82) is 0 Å². The first kappa shape index (κ1) is 17.8. The van der Waals surface area contributed by atoms with Gasteiger partial charge in [-0.2, -0.15) is 5.10 Å². The number of anilines is 1. The number of piperazine rings is 1. The SMILES string of the molecule is CCN1CCN(c2ccc(-c3cc4c(C(=O)O)n[nH]c4cc3Cl)cc2)CC1. The standard InChI is InChI=1S/C20H21ClN4O2/c1-2-24-7-9-25(10-8-24)14-5-3-13(4-6-14)15-11-16-18(12-17(15)21)22-23-19(16)20(26)27/h3-6,11-12H,2,7-10H2,1H3,(H,22,23)(H,26,27). The van der Waals surface area contributed by atoms with Crippen LogP contribution in [0.4, 0.5) is 5.69 Å². The summed E-state index contributed by atoms with van der Waals surface area (Å²) < 4.78 is 0. The number of fused-ring (bicyclic) bond motifs is 1. The van der Waals surface area contributed by atoms with E-state index >= 15 is 0 Å². The van der Waals surface area contributed by atoms with Crippen molar-refractivity contribution in [2.24, 2.45) is 0 Å². The van der Waals surface area contributed by atoms with Crippen LogP contribution < -0.4 is 4.90 Å². The van der Waals surface area contributed by atoms with Crippen molar-refractivity contribution in [1.82, 2.24) is 15.1 Å². The molecule has 0 saturated carbocycles. The summed E-state index contributed by atoms with van der Waals surface area (Å²) in [7, 11) is 0. The fourth-order valence-corrected chi connectivity index (χ4v) is 3.87. The first-order valence-electron chi connectivity index (χ1n) is 9.05. The molecule has 1 aliphatic heterocycles. The molecule has 0 bridgehead atoms. The summed E-state index contributed by atoms with van der Waals surface area (Å²) in [5.74, 6) is -1.06. The Hall–Kier alpha value is -2.57. The zero-order chi connectivity index (χ0) is 19.0. The average molecular weight is 385 g/mol. The van der Waals surface area contributed by atoms with Gasteiger partial charge in [0.15, 0.2) is 5.69 Å². The summed E-state index contributed by atoms with van der Waals surface area (Å²) in [4.78, 5) is 16.2. The molecular weight excluding hydrogens is 364 g/mol. The molecule has 0 aliphatic carbocycles. The Bertz CT molecular complexity index is 976. The number of H-pyrrole nitrogens is 1. The number of benzene rings is 2. The van der Waals surface area contributed by atoms with Gasteiger partial charge in [-0.15, -0.1) is 0 Å². The van der Waals surface area contributed by atoms with E-state index in [1.807, 2.05) is 12.1 Å². The first-order chi connectivity index (χ1) is 13.1. The lowest BCUT2D eigenvalue weighted by Crippen LogP contribution is -2.46. The van der Waals surface area contributed by atoms with Crippen molar-refractivity contribution in [2.75, 3.05) is 37.6 Å². The van der Waals surface area contributed by atoms with E-state index in [2.05, 4.69) is 39.1 Å². The Balaban J connectivity index is 1.63. The van der Waals surface area contributed by atoms with Crippen LogP contribution in [0, 0.1) is 0 Å². The summed E-state index contributed by atoms with van der Waals surface area (Å²) in [6.07, 6.45) is 0. The molecule has 2 aromatic carbocycles.